The summed E-state index contributed by atoms with van der Waals surface area (Å²) in [6.07, 6.45) is 9.85. The van der Waals surface area contributed by atoms with Gasteiger partial charge in [-0.25, -0.2) is 15.0 Å². The lowest BCUT2D eigenvalue weighted by Gasteiger charge is -2.26. The van der Waals surface area contributed by atoms with Gasteiger partial charge in [0.2, 0.25) is 5.95 Å². The van der Waals surface area contributed by atoms with Crippen molar-refractivity contribution in [1.29, 1.82) is 0 Å². The molecular formula is C21H33N5O2. The van der Waals surface area contributed by atoms with E-state index < -0.39 is 0 Å². The monoisotopic (exact) mass is 387 g/mol. The van der Waals surface area contributed by atoms with Crippen LogP contribution in [0.3, 0.4) is 0 Å². The van der Waals surface area contributed by atoms with E-state index in [1.54, 1.807) is 0 Å². The molecule has 2 aromatic rings. The third kappa shape index (κ3) is 5.08. The lowest BCUT2D eigenvalue weighted by atomic mass is 9.82. The summed E-state index contributed by atoms with van der Waals surface area (Å²) in [7, 11) is 0. The predicted molar refractivity (Wildman–Crippen MR) is 113 cm³/mol. The van der Waals surface area contributed by atoms with Crippen LogP contribution in [0.2, 0.25) is 0 Å². The number of hydrogen-bond acceptors (Lipinski definition) is 7. The van der Waals surface area contributed by atoms with Gasteiger partial charge in [0.1, 0.15) is 5.82 Å². The molecule has 0 aromatic carbocycles. The Kier molecular flexibility index (Phi) is 7.39. The number of aliphatic hydroxyl groups excluding tert-OH is 2. The van der Waals surface area contributed by atoms with E-state index in [0.717, 1.165) is 73.8 Å². The Labute approximate surface area is 167 Å². The first-order valence-electron chi connectivity index (χ1n) is 10.6. The minimum Gasteiger partial charge on any atom is -0.396 e. The maximum absolute atomic E-state index is 9.86. The molecule has 0 aliphatic heterocycles. The van der Waals surface area contributed by atoms with Gasteiger partial charge in [-0.15, -0.1) is 0 Å². The molecular weight excluding hydrogens is 354 g/mol. The van der Waals surface area contributed by atoms with Crippen LogP contribution in [0, 0.1) is 0 Å². The van der Waals surface area contributed by atoms with Crippen LogP contribution < -0.4 is 10.6 Å². The topological polar surface area (TPSA) is 103 Å². The maximum atomic E-state index is 9.86. The first kappa shape index (κ1) is 20.7. The van der Waals surface area contributed by atoms with Crippen molar-refractivity contribution >= 4 is 22.7 Å². The van der Waals surface area contributed by atoms with Gasteiger partial charge < -0.3 is 20.8 Å². The molecule has 3 rings (SSSR count). The van der Waals surface area contributed by atoms with Crippen LogP contribution >= 0.6 is 0 Å². The zero-order valence-electron chi connectivity index (χ0n) is 17.0. The molecule has 2 aromatic heterocycles. The van der Waals surface area contributed by atoms with E-state index in [0.29, 0.717) is 17.9 Å². The highest BCUT2D eigenvalue weighted by atomic mass is 16.3. The quantitative estimate of drug-likeness (QED) is 0.489. The normalized spacial score (nSPS) is 20.9. The largest absolute Gasteiger partial charge is 0.396 e. The molecule has 154 valence electrons. The summed E-state index contributed by atoms with van der Waals surface area (Å²) in [5.74, 6) is 1.81. The maximum Gasteiger partial charge on any atom is 0.223 e. The van der Waals surface area contributed by atoms with E-state index in [-0.39, 0.29) is 12.7 Å². The molecule has 28 heavy (non-hydrogen) atoms. The van der Waals surface area contributed by atoms with Gasteiger partial charge in [0, 0.05) is 37.2 Å². The number of aliphatic hydroxyl groups is 2. The van der Waals surface area contributed by atoms with Crippen molar-refractivity contribution in [2.45, 2.75) is 76.9 Å². The average molecular weight is 388 g/mol. The molecule has 0 unspecified atom stereocenters. The third-order valence-corrected chi connectivity index (χ3v) is 5.65. The standard InChI is InChI=1S/C21H33N5O2/c1-3-14(2)25-21-24-13-18-19(26-21)17(15-6-8-16(28)9-7-15)12-23-20(18)22-10-4-5-11-27/h12-16,27-28H,3-11H2,1-2H3,(H,22,23)(H,24,25,26)/t14-,15-,16-/m0/s1. The fourth-order valence-corrected chi connectivity index (χ4v) is 3.70. The zero-order chi connectivity index (χ0) is 19.9. The van der Waals surface area contributed by atoms with Crippen LogP contribution in [0.15, 0.2) is 12.4 Å². The predicted octanol–water partition coefficient (Wildman–Crippen LogP) is 3.44. The summed E-state index contributed by atoms with van der Waals surface area (Å²) in [5.41, 5.74) is 2.10. The lowest BCUT2D eigenvalue weighted by molar-refractivity contribution is 0.122. The Hall–Kier alpha value is -1.99. The second-order valence-electron chi connectivity index (χ2n) is 7.83. The van der Waals surface area contributed by atoms with E-state index in [2.05, 4.69) is 34.4 Å². The average Bonchev–Trinajstić information content (AvgIpc) is 2.71. The lowest BCUT2D eigenvalue weighted by Crippen LogP contribution is -2.18. The summed E-state index contributed by atoms with van der Waals surface area (Å²) in [6, 6.07) is 0.309. The minimum atomic E-state index is -0.180. The third-order valence-electron chi connectivity index (χ3n) is 5.65. The molecule has 1 saturated carbocycles. The number of pyridine rings is 1. The SMILES string of the molecule is CC[C@H](C)Nc1ncc2c(NCCCCO)ncc([C@H]3CC[C@H](O)CC3)c2n1. The highest BCUT2D eigenvalue weighted by molar-refractivity contribution is 5.91. The number of aromatic nitrogens is 3. The summed E-state index contributed by atoms with van der Waals surface area (Å²) in [6.45, 7) is 5.22. The first-order chi connectivity index (χ1) is 13.6. The Bertz CT molecular complexity index is 762. The van der Waals surface area contributed by atoms with E-state index in [9.17, 15) is 5.11 Å². The molecule has 0 spiro atoms. The number of hydrogen-bond donors (Lipinski definition) is 4. The molecule has 1 atom stereocenters. The van der Waals surface area contributed by atoms with E-state index >= 15 is 0 Å². The van der Waals surface area contributed by atoms with Crippen LogP contribution in [-0.2, 0) is 0 Å². The van der Waals surface area contributed by atoms with Gasteiger partial charge in [0.15, 0.2) is 0 Å². The summed E-state index contributed by atoms with van der Waals surface area (Å²) in [4.78, 5) is 14.0. The summed E-state index contributed by atoms with van der Waals surface area (Å²) < 4.78 is 0. The highest BCUT2D eigenvalue weighted by Crippen LogP contribution is 2.37. The van der Waals surface area contributed by atoms with Gasteiger partial charge in [0.05, 0.1) is 17.0 Å². The molecule has 7 heteroatoms. The second kappa shape index (κ2) is 9.98. The van der Waals surface area contributed by atoms with Crippen molar-refractivity contribution in [1.82, 2.24) is 15.0 Å². The number of nitrogens with one attached hydrogen (secondary N) is 2. The highest BCUT2D eigenvalue weighted by Gasteiger charge is 2.24. The molecule has 7 nitrogen and oxygen atoms in total. The smallest absolute Gasteiger partial charge is 0.223 e. The first-order valence-corrected chi connectivity index (χ1v) is 10.6. The van der Waals surface area contributed by atoms with Crippen LogP contribution in [0.1, 0.15) is 70.3 Å². The van der Waals surface area contributed by atoms with Crippen molar-refractivity contribution in [3.8, 4) is 0 Å². The van der Waals surface area contributed by atoms with E-state index in [1.807, 2.05) is 12.4 Å². The second-order valence-corrected chi connectivity index (χ2v) is 7.83. The van der Waals surface area contributed by atoms with Crippen molar-refractivity contribution in [2.75, 3.05) is 23.8 Å². The number of anilines is 2. The zero-order valence-corrected chi connectivity index (χ0v) is 17.0. The number of fused-ring (bicyclic) bond motifs is 1. The van der Waals surface area contributed by atoms with Gasteiger partial charge in [0.25, 0.3) is 0 Å². The van der Waals surface area contributed by atoms with Crippen LogP contribution in [0.4, 0.5) is 11.8 Å². The number of rotatable bonds is 9. The molecule has 0 saturated heterocycles. The fraction of sp³-hybridized carbons (Fsp3) is 0.667. The van der Waals surface area contributed by atoms with Crippen LogP contribution in [0.5, 0.6) is 0 Å². The van der Waals surface area contributed by atoms with Crippen molar-refractivity contribution < 1.29 is 10.2 Å². The molecule has 1 aliphatic carbocycles. The van der Waals surface area contributed by atoms with E-state index in [4.69, 9.17) is 10.1 Å². The molecule has 2 heterocycles. The minimum absolute atomic E-state index is 0.180. The Balaban J connectivity index is 1.92. The van der Waals surface area contributed by atoms with Gasteiger partial charge in [-0.3, -0.25) is 0 Å². The van der Waals surface area contributed by atoms with Gasteiger partial charge in [-0.1, -0.05) is 6.92 Å². The van der Waals surface area contributed by atoms with Crippen LogP contribution in [-0.4, -0.2) is 50.5 Å². The van der Waals surface area contributed by atoms with E-state index in [1.165, 1.54) is 0 Å². The Morgan fingerprint density at radius 2 is 1.93 bits per heavy atom. The Morgan fingerprint density at radius 3 is 2.64 bits per heavy atom. The van der Waals surface area contributed by atoms with Crippen LogP contribution in [0.25, 0.3) is 10.9 Å². The van der Waals surface area contributed by atoms with Gasteiger partial charge in [-0.05, 0) is 57.8 Å². The Morgan fingerprint density at radius 1 is 1.14 bits per heavy atom. The van der Waals surface area contributed by atoms with Gasteiger partial charge >= 0.3 is 0 Å². The molecule has 0 radical (unpaired) electrons. The van der Waals surface area contributed by atoms with Gasteiger partial charge in [-0.2, -0.15) is 0 Å². The molecule has 1 aliphatic rings. The fourth-order valence-electron chi connectivity index (χ4n) is 3.70. The van der Waals surface area contributed by atoms with Crippen molar-refractivity contribution in [2.24, 2.45) is 0 Å². The molecule has 0 bridgehead atoms. The summed E-state index contributed by atoms with van der Waals surface area (Å²) in [5, 5.41) is 26.5. The van der Waals surface area contributed by atoms with Crippen molar-refractivity contribution in [3.05, 3.63) is 18.0 Å². The molecule has 4 N–H and O–H groups in total. The van der Waals surface area contributed by atoms with Crippen molar-refractivity contribution in [3.63, 3.8) is 0 Å². The summed E-state index contributed by atoms with van der Waals surface area (Å²) >= 11 is 0. The number of unbranched alkanes of at least 4 members (excludes halogenated alkanes) is 1. The number of nitrogens with zero attached hydrogens (tertiary/aromatic N) is 3. The molecule has 0 amide bonds. The molecule has 1 fully saturated rings.